The number of fused-ring (bicyclic) bond motifs is 1. The topological polar surface area (TPSA) is 46.3 Å². The van der Waals surface area contributed by atoms with Crippen molar-refractivity contribution in [3.05, 3.63) is 0 Å². The third-order valence-electron chi connectivity index (χ3n) is 4.39. The van der Waals surface area contributed by atoms with Crippen LogP contribution in [0.25, 0.3) is 0 Å². The van der Waals surface area contributed by atoms with Gasteiger partial charge in [0.2, 0.25) is 5.91 Å². The molecule has 0 aromatic carbocycles. The van der Waals surface area contributed by atoms with Gasteiger partial charge in [-0.25, -0.2) is 0 Å². The Morgan fingerprint density at radius 3 is 2.83 bits per heavy atom. The van der Waals surface area contributed by atoms with Crippen LogP contribution in [0.1, 0.15) is 45.4 Å². The molecular formula is C14H26N2OS. The van der Waals surface area contributed by atoms with E-state index in [2.05, 4.69) is 11.8 Å². The maximum atomic E-state index is 12.3. The van der Waals surface area contributed by atoms with E-state index < -0.39 is 0 Å². The zero-order chi connectivity index (χ0) is 13.0. The smallest absolute Gasteiger partial charge is 0.232 e. The van der Waals surface area contributed by atoms with Gasteiger partial charge in [-0.15, -0.1) is 11.8 Å². The minimum absolute atomic E-state index is 0.344. The maximum absolute atomic E-state index is 12.3. The first-order valence-electron chi connectivity index (χ1n) is 7.33. The molecule has 1 amide bonds. The fraction of sp³-hybridized carbons (Fsp3) is 0.929. The summed E-state index contributed by atoms with van der Waals surface area (Å²) in [6, 6.07) is 0.550. The van der Waals surface area contributed by atoms with Gasteiger partial charge in [0, 0.05) is 24.4 Å². The lowest BCUT2D eigenvalue weighted by Crippen LogP contribution is -2.50. The standard InChI is InChI=1S/C14H26N2OS/c1-11(9-15)18-10-14(17)16-8-4-6-12-5-2-3-7-13(12)16/h11-13H,2-10,15H2,1H3. The van der Waals surface area contributed by atoms with E-state index in [0.29, 0.717) is 29.5 Å². The average Bonchev–Trinajstić information content (AvgIpc) is 2.43. The van der Waals surface area contributed by atoms with Crippen LogP contribution < -0.4 is 5.73 Å². The van der Waals surface area contributed by atoms with E-state index in [9.17, 15) is 4.79 Å². The fourth-order valence-corrected chi connectivity index (χ4v) is 4.03. The molecule has 4 heteroatoms. The minimum Gasteiger partial charge on any atom is -0.339 e. The zero-order valence-corrected chi connectivity index (χ0v) is 12.3. The van der Waals surface area contributed by atoms with E-state index in [1.807, 2.05) is 0 Å². The van der Waals surface area contributed by atoms with Crippen molar-refractivity contribution in [2.75, 3.05) is 18.8 Å². The third kappa shape index (κ3) is 3.41. The van der Waals surface area contributed by atoms with Crippen LogP contribution in [-0.2, 0) is 4.79 Å². The van der Waals surface area contributed by atoms with Gasteiger partial charge in [-0.2, -0.15) is 0 Å². The van der Waals surface area contributed by atoms with Gasteiger partial charge < -0.3 is 10.6 Å². The van der Waals surface area contributed by atoms with Gasteiger partial charge in [-0.05, 0) is 31.6 Å². The van der Waals surface area contributed by atoms with Crippen LogP contribution in [0.15, 0.2) is 0 Å². The molecule has 3 nitrogen and oxygen atoms in total. The van der Waals surface area contributed by atoms with Crippen LogP contribution in [0.4, 0.5) is 0 Å². The Kier molecular flexibility index (Phi) is 5.37. The minimum atomic E-state index is 0.344. The first-order valence-corrected chi connectivity index (χ1v) is 8.38. The summed E-state index contributed by atoms with van der Waals surface area (Å²) in [6.45, 7) is 3.74. The van der Waals surface area contributed by atoms with Crippen LogP contribution in [-0.4, -0.2) is 40.9 Å². The molecule has 0 aromatic heterocycles. The summed E-state index contributed by atoms with van der Waals surface area (Å²) in [4.78, 5) is 14.5. The first-order chi connectivity index (χ1) is 8.72. The lowest BCUT2D eigenvalue weighted by atomic mass is 9.78. The lowest BCUT2D eigenvalue weighted by molar-refractivity contribution is -0.134. The highest BCUT2D eigenvalue weighted by Crippen LogP contribution is 2.35. The summed E-state index contributed by atoms with van der Waals surface area (Å²) in [5.41, 5.74) is 5.60. The quantitative estimate of drug-likeness (QED) is 0.852. The van der Waals surface area contributed by atoms with Gasteiger partial charge in [-0.1, -0.05) is 19.8 Å². The Bertz CT molecular complexity index is 283. The molecule has 0 spiro atoms. The summed E-state index contributed by atoms with van der Waals surface area (Å²) >= 11 is 1.70. The number of thioether (sulfide) groups is 1. The molecule has 2 aliphatic rings. The van der Waals surface area contributed by atoms with E-state index in [-0.39, 0.29) is 0 Å². The summed E-state index contributed by atoms with van der Waals surface area (Å²) in [5, 5.41) is 0.390. The van der Waals surface area contributed by atoms with E-state index >= 15 is 0 Å². The predicted octanol–water partition coefficient (Wildman–Crippen LogP) is 2.25. The van der Waals surface area contributed by atoms with Gasteiger partial charge in [0.15, 0.2) is 0 Å². The Labute approximate surface area is 115 Å². The van der Waals surface area contributed by atoms with E-state index in [1.165, 1.54) is 38.5 Å². The molecule has 3 atom stereocenters. The molecule has 2 N–H and O–H groups in total. The molecule has 2 fully saturated rings. The summed E-state index contributed by atoms with van der Waals surface area (Å²) in [5.74, 6) is 1.74. The highest BCUT2D eigenvalue weighted by molar-refractivity contribution is 8.00. The number of piperidine rings is 1. The lowest BCUT2D eigenvalue weighted by Gasteiger charge is -2.44. The van der Waals surface area contributed by atoms with E-state index in [4.69, 9.17) is 5.73 Å². The van der Waals surface area contributed by atoms with Crippen molar-refractivity contribution in [1.82, 2.24) is 4.90 Å². The highest BCUT2D eigenvalue weighted by atomic mass is 32.2. The molecule has 104 valence electrons. The van der Waals surface area contributed by atoms with E-state index in [0.717, 1.165) is 12.5 Å². The summed E-state index contributed by atoms with van der Waals surface area (Å²) in [6.07, 6.45) is 7.76. The second kappa shape index (κ2) is 6.80. The molecule has 18 heavy (non-hydrogen) atoms. The number of hydrogen-bond acceptors (Lipinski definition) is 3. The largest absolute Gasteiger partial charge is 0.339 e. The second-order valence-electron chi connectivity index (χ2n) is 5.70. The van der Waals surface area contributed by atoms with Gasteiger partial charge in [0.05, 0.1) is 5.75 Å². The van der Waals surface area contributed by atoms with Crippen LogP contribution in [0, 0.1) is 5.92 Å². The van der Waals surface area contributed by atoms with E-state index in [1.54, 1.807) is 11.8 Å². The number of rotatable bonds is 4. The molecule has 0 radical (unpaired) electrons. The molecule has 0 aromatic rings. The molecule has 1 saturated carbocycles. The number of carbonyl (C=O) groups excluding carboxylic acids is 1. The van der Waals surface area contributed by atoms with Crippen LogP contribution >= 0.6 is 11.8 Å². The summed E-state index contributed by atoms with van der Waals surface area (Å²) in [7, 11) is 0. The number of nitrogens with zero attached hydrogens (tertiary/aromatic N) is 1. The SMILES string of the molecule is CC(CN)SCC(=O)N1CCCC2CCCCC21. The Balaban J connectivity index is 1.87. The molecule has 3 unspecified atom stereocenters. The maximum Gasteiger partial charge on any atom is 0.232 e. The number of carbonyl (C=O) groups is 1. The Hall–Kier alpha value is -0.220. The van der Waals surface area contributed by atoms with Crippen LogP contribution in [0.2, 0.25) is 0 Å². The molecule has 1 saturated heterocycles. The third-order valence-corrected chi connectivity index (χ3v) is 5.56. The molecule has 0 bridgehead atoms. The van der Waals surface area contributed by atoms with Gasteiger partial charge in [0.1, 0.15) is 0 Å². The zero-order valence-electron chi connectivity index (χ0n) is 11.4. The van der Waals surface area contributed by atoms with Gasteiger partial charge >= 0.3 is 0 Å². The highest BCUT2D eigenvalue weighted by Gasteiger charge is 2.35. The molecular weight excluding hydrogens is 244 g/mol. The normalized spacial score (nSPS) is 29.8. The van der Waals surface area contributed by atoms with Crippen LogP contribution in [0.3, 0.4) is 0 Å². The second-order valence-corrected chi connectivity index (χ2v) is 7.13. The molecule has 2 rings (SSSR count). The number of hydrogen-bond donors (Lipinski definition) is 1. The van der Waals surface area contributed by atoms with Crippen molar-refractivity contribution < 1.29 is 4.79 Å². The number of nitrogens with two attached hydrogens (primary N) is 1. The average molecular weight is 270 g/mol. The monoisotopic (exact) mass is 270 g/mol. The van der Waals surface area contributed by atoms with Crippen molar-refractivity contribution in [3.63, 3.8) is 0 Å². The first kappa shape index (κ1) is 14.2. The van der Waals surface area contributed by atoms with Gasteiger partial charge in [-0.3, -0.25) is 4.79 Å². The Morgan fingerprint density at radius 2 is 2.06 bits per heavy atom. The fourth-order valence-electron chi connectivity index (χ4n) is 3.30. The van der Waals surface area contributed by atoms with Crippen molar-refractivity contribution in [1.29, 1.82) is 0 Å². The van der Waals surface area contributed by atoms with Gasteiger partial charge in [0.25, 0.3) is 0 Å². The van der Waals surface area contributed by atoms with Crippen LogP contribution in [0.5, 0.6) is 0 Å². The van der Waals surface area contributed by atoms with Crippen molar-refractivity contribution in [3.8, 4) is 0 Å². The predicted molar refractivity (Wildman–Crippen MR) is 77.7 cm³/mol. The van der Waals surface area contributed by atoms with Crippen molar-refractivity contribution in [2.45, 2.75) is 56.7 Å². The summed E-state index contributed by atoms with van der Waals surface area (Å²) < 4.78 is 0. The van der Waals surface area contributed by atoms with Crippen molar-refractivity contribution >= 4 is 17.7 Å². The molecule has 1 aliphatic heterocycles. The number of amides is 1. The molecule has 1 heterocycles. The van der Waals surface area contributed by atoms with Crippen molar-refractivity contribution in [2.24, 2.45) is 11.7 Å². The Morgan fingerprint density at radius 1 is 1.33 bits per heavy atom. The molecule has 1 aliphatic carbocycles. The number of likely N-dealkylation sites (tertiary alicyclic amines) is 1.